The predicted octanol–water partition coefficient (Wildman–Crippen LogP) is 3.77. The summed E-state index contributed by atoms with van der Waals surface area (Å²) in [5, 5.41) is 9.86. The van der Waals surface area contributed by atoms with Gasteiger partial charge in [0, 0.05) is 12.0 Å². The molecule has 6 heteroatoms. The van der Waals surface area contributed by atoms with Gasteiger partial charge in [0.25, 0.3) is 0 Å². The number of esters is 2. The van der Waals surface area contributed by atoms with E-state index in [0.717, 1.165) is 6.42 Å². The average molecular weight is 405 g/mol. The second kappa shape index (κ2) is 9.92. The van der Waals surface area contributed by atoms with Gasteiger partial charge in [0.2, 0.25) is 0 Å². The molecule has 6 nitrogen and oxygen atoms in total. The Hall–Kier alpha value is -2.34. The lowest BCUT2D eigenvalue weighted by molar-refractivity contribution is -0.154. The van der Waals surface area contributed by atoms with Gasteiger partial charge in [-0.05, 0) is 42.4 Å². The first-order chi connectivity index (χ1) is 13.7. The molecule has 1 aromatic rings. The lowest BCUT2D eigenvalue weighted by Crippen LogP contribution is -2.39. The Labute approximate surface area is 172 Å². The molecule has 29 heavy (non-hydrogen) atoms. The van der Waals surface area contributed by atoms with Crippen LogP contribution in [0.25, 0.3) is 0 Å². The molecule has 0 aromatic heterocycles. The highest BCUT2D eigenvalue weighted by atomic mass is 16.6. The number of methoxy groups -OCH3 is 1. The Bertz CT molecular complexity index is 743. The first kappa shape index (κ1) is 22.9. The van der Waals surface area contributed by atoms with Crippen LogP contribution in [0.4, 0.5) is 0 Å². The molecule has 2 rings (SSSR count). The molecule has 0 saturated carbocycles. The molecule has 160 valence electrons. The van der Waals surface area contributed by atoms with Crippen LogP contribution in [0.5, 0.6) is 5.75 Å². The molecular formula is C23H32O6. The first-order valence-electron chi connectivity index (χ1n) is 10.1. The van der Waals surface area contributed by atoms with Crippen LogP contribution in [0.2, 0.25) is 0 Å². The van der Waals surface area contributed by atoms with Gasteiger partial charge in [0.05, 0.1) is 19.3 Å². The zero-order chi connectivity index (χ0) is 21.6. The van der Waals surface area contributed by atoms with Crippen LogP contribution < -0.4 is 4.74 Å². The molecule has 1 heterocycles. The summed E-state index contributed by atoms with van der Waals surface area (Å²) >= 11 is 0. The molecule has 0 bridgehead atoms. The van der Waals surface area contributed by atoms with Crippen molar-refractivity contribution in [1.29, 1.82) is 0 Å². The van der Waals surface area contributed by atoms with E-state index in [1.54, 1.807) is 24.3 Å². The van der Waals surface area contributed by atoms with Gasteiger partial charge in [0.1, 0.15) is 12.4 Å². The largest absolute Gasteiger partial charge is 0.497 e. The summed E-state index contributed by atoms with van der Waals surface area (Å²) in [6.45, 7) is 8.07. The molecule has 0 amide bonds. The van der Waals surface area contributed by atoms with E-state index in [1.165, 1.54) is 7.11 Å². The number of allylic oxidation sites excluding steroid dienone is 1. The van der Waals surface area contributed by atoms with Crippen LogP contribution >= 0.6 is 0 Å². The standard InChI is InChI=1S/C23H32O6/c1-15(2)20(16(3)4)10-9-18-12-23(13-24,29-22(18)26)14-28-21(25)17-7-6-8-19(11-17)27-5/h6-9,11,15-16,20,24H,10,12-14H2,1-5H3/b18-9+. The van der Waals surface area contributed by atoms with Crippen LogP contribution in [-0.4, -0.2) is 43.0 Å². The Morgan fingerprint density at radius 3 is 2.55 bits per heavy atom. The lowest BCUT2D eigenvalue weighted by atomic mass is 9.82. The first-order valence-corrected chi connectivity index (χ1v) is 10.1. The van der Waals surface area contributed by atoms with Gasteiger partial charge >= 0.3 is 11.9 Å². The number of ether oxygens (including phenoxy) is 3. The minimum absolute atomic E-state index is 0.208. The molecule has 1 saturated heterocycles. The van der Waals surface area contributed by atoms with Crippen molar-refractivity contribution in [3.63, 3.8) is 0 Å². The van der Waals surface area contributed by atoms with Crippen molar-refractivity contribution in [3.05, 3.63) is 41.5 Å². The molecule has 0 aliphatic carbocycles. The maximum Gasteiger partial charge on any atom is 0.338 e. The Morgan fingerprint density at radius 1 is 1.28 bits per heavy atom. The summed E-state index contributed by atoms with van der Waals surface area (Å²) in [5.74, 6) is 0.961. The number of cyclic esters (lactones) is 1. The van der Waals surface area contributed by atoms with Gasteiger partial charge < -0.3 is 19.3 Å². The summed E-state index contributed by atoms with van der Waals surface area (Å²) in [6.07, 6.45) is 2.90. The maximum absolute atomic E-state index is 12.3. The van der Waals surface area contributed by atoms with Crippen LogP contribution in [-0.2, 0) is 14.3 Å². The van der Waals surface area contributed by atoms with E-state index in [-0.39, 0.29) is 13.0 Å². The van der Waals surface area contributed by atoms with E-state index < -0.39 is 24.1 Å². The lowest BCUT2D eigenvalue weighted by Gasteiger charge is -2.24. The van der Waals surface area contributed by atoms with Crippen LogP contribution in [0, 0.1) is 17.8 Å². The predicted molar refractivity (Wildman–Crippen MR) is 110 cm³/mol. The third-order valence-electron chi connectivity index (χ3n) is 5.49. The van der Waals surface area contributed by atoms with Crippen molar-refractivity contribution in [1.82, 2.24) is 0 Å². The number of benzene rings is 1. The summed E-state index contributed by atoms with van der Waals surface area (Å²) in [6, 6.07) is 6.59. The van der Waals surface area contributed by atoms with Gasteiger partial charge in [-0.3, -0.25) is 0 Å². The Kier molecular flexibility index (Phi) is 7.85. The monoisotopic (exact) mass is 404 g/mol. The smallest absolute Gasteiger partial charge is 0.338 e. The van der Waals surface area contributed by atoms with Crippen molar-refractivity contribution >= 4 is 11.9 Å². The van der Waals surface area contributed by atoms with Gasteiger partial charge in [-0.2, -0.15) is 0 Å². The second-order valence-electron chi connectivity index (χ2n) is 8.33. The van der Waals surface area contributed by atoms with Crippen LogP contribution in [0.3, 0.4) is 0 Å². The SMILES string of the molecule is COc1cccc(C(=O)OCC2(CO)C/C(=C\CC(C(C)C)C(C)C)C(=O)O2)c1. The topological polar surface area (TPSA) is 82.1 Å². The van der Waals surface area contributed by atoms with E-state index in [2.05, 4.69) is 27.7 Å². The van der Waals surface area contributed by atoms with Crippen molar-refractivity contribution in [3.8, 4) is 5.75 Å². The van der Waals surface area contributed by atoms with Crippen molar-refractivity contribution in [2.45, 2.75) is 46.1 Å². The molecule has 1 unspecified atom stereocenters. The van der Waals surface area contributed by atoms with E-state index >= 15 is 0 Å². The molecule has 1 atom stereocenters. The highest BCUT2D eigenvalue weighted by Gasteiger charge is 2.44. The Balaban J connectivity index is 2.04. The highest BCUT2D eigenvalue weighted by molar-refractivity contribution is 5.92. The third kappa shape index (κ3) is 5.82. The fourth-order valence-electron chi connectivity index (χ4n) is 3.71. The number of hydrogen-bond acceptors (Lipinski definition) is 6. The number of aliphatic hydroxyl groups is 1. The number of carbonyl (C=O) groups is 2. The van der Waals surface area contributed by atoms with Gasteiger partial charge in [-0.15, -0.1) is 0 Å². The van der Waals surface area contributed by atoms with E-state index in [0.29, 0.717) is 34.6 Å². The number of aliphatic hydroxyl groups excluding tert-OH is 1. The fraction of sp³-hybridized carbons (Fsp3) is 0.565. The van der Waals surface area contributed by atoms with Crippen molar-refractivity contribution in [2.24, 2.45) is 17.8 Å². The molecule has 1 aromatic carbocycles. The molecule has 1 N–H and O–H groups in total. The van der Waals surface area contributed by atoms with Crippen LogP contribution in [0.15, 0.2) is 35.9 Å². The van der Waals surface area contributed by atoms with E-state index in [4.69, 9.17) is 14.2 Å². The molecule has 1 aliphatic rings. The van der Waals surface area contributed by atoms with E-state index in [9.17, 15) is 14.7 Å². The number of carbonyl (C=O) groups excluding carboxylic acids is 2. The molecule has 0 spiro atoms. The van der Waals surface area contributed by atoms with Gasteiger partial charge in [0.15, 0.2) is 5.60 Å². The molecule has 0 radical (unpaired) electrons. The average Bonchev–Trinajstić information content (AvgIpc) is 3.02. The van der Waals surface area contributed by atoms with Crippen molar-refractivity contribution < 1.29 is 28.9 Å². The summed E-state index contributed by atoms with van der Waals surface area (Å²) < 4.78 is 15.9. The zero-order valence-corrected chi connectivity index (χ0v) is 17.9. The van der Waals surface area contributed by atoms with Gasteiger partial charge in [-0.1, -0.05) is 39.8 Å². The third-order valence-corrected chi connectivity index (χ3v) is 5.49. The number of hydrogen-bond donors (Lipinski definition) is 1. The molecule has 1 fully saturated rings. The summed E-state index contributed by atoms with van der Waals surface area (Å²) in [7, 11) is 1.51. The zero-order valence-electron chi connectivity index (χ0n) is 17.9. The molecule has 1 aliphatic heterocycles. The molecular weight excluding hydrogens is 372 g/mol. The minimum Gasteiger partial charge on any atom is -0.497 e. The van der Waals surface area contributed by atoms with Gasteiger partial charge in [-0.25, -0.2) is 9.59 Å². The second-order valence-corrected chi connectivity index (χ2v) is 8.33. The summed E-state index contributed by atoms with van der Waals surface area (Å²) in [5.41, 5.74) is -0.375. The Morgan fingerprint density at radius 2 is 1.97 bits per heavy atom. The highest BCUT2D eigenvalue weighted by Crippen LogP contribution is 2.33. The van der Waals surface area contributed by atoms with Crippen molar-refractivity contribution in [2.75, 3.05) is 20.3 Å². The quantitative estimate of drug-likeness (QED) is 0.498. The number of rotatable bonds is 9. The van der Waals surface area contributed by atoms with E-state index in [1.807, 2.05) is 6.08 Å². The maximum atomic E-state index is 12.3. The minimum atomic E-state index is -1.23. The van der Waals surface area contributed by atoms with Crippen LogP contribution in [0.1, 0.15) is 50.9 Å². The normalized spacial score (nSPS) is 20.6. The fourth-order valence-corrected chi connectivity index (χ4v) is 3.71. The summed E-state index contributed by atoms with van der Waals surface area (Å²) in [4.78, 5) is 24.7.